The second-order valence-corrected chi connectivity index (χ2v) is 5.38. The van der Waals surface area contributed by atoms with Gasteiger partial charge in [-0.1, -0.05) is 51.6 Å². The van der Waals surface area contributed by atoms with Crippen molar-refractivity contribution in [1.29, 1.82) is 0 Å². The zero-order valence-electron chi connectivity index (χ0n) is 11.8. The Morgan fingerprint density at radius 1 is 0.957 bits per heavy atom. The molecule has 122 valence electrons. The zero-order valence-corrected chi connectivity index (χ0v) is 14.8. The molecule has 4 N–H and O–H groups in total. The van der Waals surface area contributed by atoms with Gasteiger partial charge in [0.05, 0.1) is 5.02 Å². The highest BCUT2D eigenvalue weighted by Crippen LogP contribution is 2.27. The summed E-state index contributed by atoms with van der Waals surface area (Å²) in [6.07, 6.45) is 3.38. The van der Waals surface area contributed by atoms with Gasteiger partial charge in [-0.2, -0.15) is 0 Å². The molecule has 1 unspecified atom stereocenters. The minimum atomic E-state index is -0.234. The first-order chi connectivity index (χ1) is 10.2. The summed E-state index contributed by atoms with van der Waals surface area (Å²) in [6, 6.07) is 11.0. The van der Waals surface area contributed by atoms with E-state index in [1.54, 1.807) is 18.7 Å². The Bertz CT molecular complexity index is 723. The van der Waals surface area contributed by atoms with E-state index >= 15 is 0 Å². The van der Waals surface area contributed by atoms with Crippen molar-refractivity contribution in [2.24, 2.45) is 10.2 Å². The van der Waals surface area contributed by atoms with Gasteiger partial charge in [-0.05, 0) is 12.1 Å². The number of nitrogens with one attached hydrogen (secondary N) is 1. The summed E-state index contributed by atoms with van der Waals surface area (Å²) >= 11 is 12.3. The molecule has 0 bridgehead atoms. The zero-order chi connectivity index (χ0) is 14.8. The maximum Gasteiger partial charge on any atom is 0.219 e. The number of hydrogen-bond donors (Lipinski definition) is 2. The number of halogens is 4. The van der Waals surface area contributed by atoms with Crippen molar-refractivity contribution in [3.8, 4) is 0 Å². The van der Waals surface area contributed by atoms with Crippen LogP contribution in [-0.2, 0) is 0 Å². The van der Waals surface area contributed by atoms with Gasteiger partial charge in [-0.3, -0.25) is 0 Å². The van der Waals surface area contributed by atoms with Crippen LogP contribution in [0.2, 0.25) is 10.2 Å². The van der Waals surface area contributed by atoms with Crippen LogP contribution in [0, 0.1) is 0 Å². The van der Waals surface area contributed by atoms with Gasteiger partial charge in [0.25, 0.3) is 0 Å². The summed E-state index contributed by atoms with van der Waals surface area (Å²) in [5.74, 6) is 0. The highest BCUT2D eigenvalue weighted by atomic mass is 35.5. The van der Waals surface area contributed by atoms with Crippen molar-refractivity contribution in [2.75, 3.05) is 0 Å². The molecular weight excluding hydrogens is 380 g/mol. The topological polar surface area (TPSA) is 69.7 Å². The minimum absolute atomic E-state index is 0. The molecule has 0 saturated heterocycles. The Morgan fingerprint density at radius 3 is 2.26 bits per heavy atom. The Hall–Kier alpha value is -1.21. The summed E-state index contributed by atoms with van der Waals surface area (Å²) in [5.41, 5.74) is 6.77. The Balaban J connectivity index is 0.00000132. The summed E-state index contributed by atoms with van der Waals surface area (Å²) in [5, 5.41) is 8.78. The average molecular weight is 393 g/mol. The molecule has 0 radical (unpaired) electrons. The predicted molar refractivity (Wildman–Crippen MR) is 83.0 cm³/mol. The molecule has 0 saturated carbocycles. The Morgan fingerprint density at radius 2 is 1.61 bits per heavy atom. The first-order valence-electron chi connectivity index (χ1n) is 6.34. The molecule has 1 aliphatic heterocycles. The lowest BCUT2D eigenvalue weighted by Crippen LogP contribution is -3.04. The SMILES string of the molecule is [Cl-].[Cl-].[NH3+]C(c1ccccc1Cl)c1nc(Cl)ccc1[NH+]1C=NN=C1. The molecule has 0 fully saturated rings. The number of rotatable bonds is 3. The Kier molecular flexibility index (Phi) is 7.41. The average Bonchev–Trinajstić information content (AvgIpc) is 3.01. The lowest BCUT2D eigenvalue weighted by atomic mass is 10.0. The molecule has 23 heavy (non-hydrogen) atoms. The maximum absolute atomic E-state index is 6.26. The van der Waals surface area contributed by atoms with E-state index in [4.69, 9.17) is 23.2 Å². The molecule has 1 atom stereocenters. The fraction of sp³-hybridized carbons (Fsp3) is 0.0714. The monoisotopic (exact) mass is 391 g/mol. The van der Waals surface area contributed by atoms with Crippen molar-refractivity contribution < 1.29 is 35.4 Å². The molecule has 0 amide bonds. The highest BCUT2D eigenvalue weighted by Gasteiger charge is 2.27. The third-order valence-electron chi connectivity index (χ3n) is 3.27. The summed E-state index contributed by atoms with van der Waals surface area (Å²) in [7, 11) is 0. The van der Waals surface area contributed by atoms with Crippen LogP contribution in [-0.4, -0.2) is 17.7 Å². The largest absolute Gasteiger partial charge is 1.00 e. The minimum Gasteiger partial charge on any atom is -1.00 e. The number of pyridine rings is 1. The first-order valence-corrected chi connectivity index (χ1v) is 7.10. The molecule has 1 aromatic heterocycles. The van der Waals surface area contributed by atoms with Crippen molar-refractivity contribution in [1.82, 2.24) is 4.98 Å². The van der Waals surface area contributed by atoms with Crippen LogP contribution in [0.1, 0.15) is 17.3 Å². The maximum atomic E-state index is 6.26. The van der Waals surface area contributed by atoms with E-state index in [9.17, 15) is 0 Å². The first kappa shape index (κ1) is 19.8. The van der Waals surface area contributed by atoms with Crippen LogP contribution in [0.4, 0.5) is 5.69 Å². The number of hydrogen-bond acceptors (Lipinski definition) is 3. The summed E-state index contributed by atoms with van der Waals surface area (Å²) in [6.45, 7) is 0. The molecule has 1 aromatic carbocycles. The molecule has 0 aliphatic carbocycles. The van der Waals surface area contributed by atoms with E-state index < -0.39 is 0 Å². The number of benzene rings is 1. The van der Waals surface area contributed by atoms with Crippen LogP contribution < -0.4 is 35.4 Å². The molecular formula is C14H13Cl4N5. The van der Waals surface area contributed by atoms with Gasteiger partial charge >= 0.3 is 0 Å². The fourth-order valence-corrected chi connectivity index (χ4v) is 2.65. The van der Waals surface area contributed by atoms with Gasteiger partial charge in [0, 0.05) is 11.6 Å². The van der Waals surface area contributed by atoms with Crippen molar-refractivity contribution >= 4 is 41.6 Å². The van der Waals surface area contributed by atoms with E-state index in [1.165, 1.54) is 0 Å². The molecule has 2 heterocycles. The summed E-state index contributed by atoms with van der Waals surface area (Å²) < 4.78 is 0. The van der Waals surface area contributed by atoms with E-state index in [1.807, 2.05) is 30.3 Å². The van der Waals surface area contributed by atoms with Gasteiger partial charge in [0.1, 0.15) is 5.15 Å². The van der Waals surface area contributed by atoms with Crippen molar-refractivity contribution in [3.05, 3.63) is 57.8 Å². The number of nitrogens with zero attached hydrogens (tertiary/aromatic N) is 3. The molecule has 2 aromatic rings. The molecule has 3 rings (SSSR count). The van der Waals surface area contributed by atoms with E-state index in [-0.39, 0.29) is 30.9 Å². The van der Waals surface area contributed by atoms with Crippen molar-refractivity contribution in [2.45, 2.75) is 6.04 Å². The number of quaternary nitrogens is 2. The molecule has 0 spiro atoms. The lowest BCUT2D eigenvalue weighted by molar-refractivity contribution is -0.599. The van der Waals surface area contributed by atoms with Crippen LogP contribution in [0.5, 0.6) is 0 Å². The smallest absolute Gasteiger partial charge is 0.219 e. The van der Waals surface area contributed by atoms with Crippen LogP contribution in [0.25, 0.3) is 0 Å². The van der Waals surface area contributed by atoms with Crippen LogP contribution >= 0.6 is 23.2 Å². The third-order valence-corrected chi connectivity index (χ3v) is 3.83. The highest BCUT2D eigenvalue weighted by molar-refractivity contribution is 6.31. The second kappa shape index (κ2) is 8.59. The third kappa shape index (κ3) is 4.20. The van der Waals surface area contributed by atoms with Crippen LogP contribution in [0.15, 0.2) is 46.6 Å². The Labute approximate surface area is 156 Å². The van der Waals surface area contributed by atoms with Gasteiger partial charge in [-0.25, -0.2) is 9.88 Å². The second-order valence-electron chi connectivity index (χ2n) is 4.59. The summed E-state index contributed by atoms with van der Waals surface area (Å²) in [4.78, 5) is 5.32. The quantitative estimate of drug-likeness (QED) is 0.506. The number of aromatic nitrogens is 1. The van der Waals surface area contributed by atoms with E-state index in [2.05, 4.69) is 20.9 Å². The fourth-order valence-electron chi connectivity index (χ4n) is 2.23. The van der Waals surface area contributed by atoms with E-state index in [0.717, 1.165) is 21.8 Å². The molecule has 9 heteroatoms. The predicted octanol–water partition coefficient (Wildman–Crippen LogP) is -4.77. The van der Waals surface area contributed by atoms with E-state index in [0.29, 0.717) is 10.2 Å². The van der Waals surface area contributed by atoms with Crippen molar-refractivity contribution in [3.63, 3.8) is 0 Å². The molecule has 5 nitrogen and oxygen atoms in total. The standard InChI is InChI=1S/C14H11Cl2N5.2ClH/c15-10-4-2-1-3-9(10)13(17)14-11(5-6-12(16)20-14)21-7-18-19-8-21;;/h1-8,13H,17H2;2*1H. The normalized spacial score (nSPS) is 14.2. The van der Waals surface area contributed by atoms with Gasteiger partial charge in [-0.15, -0.1) is 0 Å². The van der Waals surface area contributed by atoms with Gasteiger partial charge in [0.2, 0.25) is 12.7 Å². The van der Waals surface area contributed by atoms with Crippen LogP contribution in [0.3, 0.4) is 0 Å². The molecule has 1 aliphatic rings. The lowest BCUT2D eigenvalue weighted by Gasteiger charge is -2.14. The van der Waals surface area contributed by atoms with Gasteiger partial charge < -0.3 is 30.5 Å². The van der Waals surface area contributed by atoms with Gasteiger partial charge in [0.15, 0.2) is 17.4 Å².